The van der Waals surface area contributed by atoms with Crippen LogP contribution in [0.15, 0.2) is 34.5 Å². The SMILES string of the molecule is C=NN(N=C)c1ccccc1C(=O)N1C[C@@H](O)CC[C@H]1C. The molecule has 0 aliphatic carbocycles. The number of β-amino-alcohol motifs (C(OH)–C–C–N with tert-alkyl or cyclic N) is 1. The number of amides is 1. The molecular weight excluding hydrogens is 268 g/mol. The Kier molecular flexibility index (Phi) is 4.70. The third-order valence-electron chi connectivity index (χ3n) is 3.74. The number of rotatable bonds is 4. The van der Waals surface area contributed by atoms with Crippen LogP contribution in [0.5, 0.6) is 0 Å². The maximum atomic E-state index is 12.8. The van der Waals surface area contributed by atoms with Gasteiger partial charge in [0.1, 0.15) is 0 Å². The number of hydrogen-bond acceptors (Lipinski definition) is 5. The van der Waals surface area contributed by atoms with Gasteiger partial charge in [-0.1, -0.05) is 12.1 Å². The number of aliphatic hydroxyl groups excluding tert-OH is 1. The number of anilines is 1. The molecule has 1 aromatic carbocycles. The molecule has 0 bridgehead atoms. The van der Waals surface area contributed by atoms with Crippen molar-refractivity contribution in [3.8, 4) is 0 Å². The van der Waals surface area contributed by atoms with Crippen molar-refractivity contribution in [2.75, 3.05) is 11.7 Å². The summed E-state index contributed by atoms with van der Waals surface area (Å²) in [5.74, 6) is -0.144. The number of carbonyl (C=O) groups excluding carboxylic acids is 1. The predicted molar refractivity (Wildman–Crippen MR) is 83.8 cm³/mol. The Bertz CT molecular complexity index is 538. The lowest BCUT2D eigenvalue weighted by Crippen LogP contribution is -2.47. The average Bonchev–Trinajstić information content (AvgIpc) is 2.51. The molecule has 2 rings (SSSR count). The molecule has 0 saturated carbocycles. The van der Waals surface area contributed by atoms with Gasteiger partial charge in [-0.2, -0.15) is 15.3 Å². The summed E-state index contributed by atoms with van der Waals surface area (Å²) in [5.41, 5.74) is 0.998. The number of piperidine rings is 1. The van der Waals surface area contributed by atoms with E-state index in [1.54, 1.807) is 29.2 Å². The van der Waals surface area contributed by atoms with Gasteiger partial charge >= 0.3 is 0 Å². The van der Waals surface area contributed by atoms with Gasteiger partial charge in [0.2, 0.25) is 0 Å². The topological polar surface area (TPSA) is 68.5 Å². The fourth-order valence-electron chi connectivity index (χ4n) is 2.55. The van der Waals surface area contributed by atoms with E-state index in [1.165, 1.54) is 5.12 Å². The number of para-hydroxylation sites is 1. The van der Waals surface area contributed by atoms with Gasteiger partial charge in [0.15, 0.2) is 0 Å². The number of benzene rings is 1. The van der Waals surface area contributed by atoms with Crippen LogP contribution in [0.2, 0.25) is 0 Å². The Labute approximate surface area is 124 Å². The van der Waals surface area contributed by atoms with Crippen molar-refractivity contribution in [3.63, 3.8) is 0 Å². The molecule has 1 aliphatic rings. The lowest BCUT2D eigenvalue weighted by molar-refractivity contribution is 0.0310. The van der Waals surface area contributed by atoms with E-state index in [1.807, 2.05) is 6.92 Å². The molecule has 1 N–H and O–H groups in total. The van der Waals surface area contributed by atoms with Crippen LogP contribution in [-0.2, 0) is 0 Å². The molecule has 1 aliphatic heterocycles. The van der Waals surface area contributed by atoms with E-state index in [-0.39, 0.29) is 11.9 Å². The molecule has 1 saturated heterocycles. The molecule has 2 atom stereocenters. The van der Waals surface area contributed by atoms with Gasteiger partial charge in [0.05, 0.1) is 17.4 Å². The fourth-order valence-corrected chi connectivity index (χ4v) is 2.55. The third kappa shape index (κ3) is 3.11. The Morgan fingerprint density at radius 2 is 2.00 bits per heavy atom. The van der Waals surface area contributed by atoms with Gasteiger partial charge in [0, 0.05) is 26.0 Å². The molecule has 21 heavy (non-hydrogen) atoms. The van der Waals surface area contributed by atoms with E-state index in [4.69, 9.17) is 0 Å². The molecule has 0 radical (unpaired) electrons. The maximum absolute atomic E-state index is 12.8. The van der Waals surface area contributed by atoms with Gasteiger partial charge in [-0.25, -0.2) is 0 Å². The highest BCUT2D eigenvalue weighted by atomic mass is 16.3. The quantitative estimate of drug-likeness (QED) is 0.677. The Hall–Kier alpha value is -2.21. The molecule has 1 amide bonds. The largest absolute Gasteiger partial charge is 0.391 e. The van der Waals surface area contributed by atoms with Crippen LogP contribution in [-0.4, -0.2) is 48.0 Å². The molecule has 0 aromatic heterocycles. The molecular formula is C15H20N4O2. The maximum Gasteiger partial charge on any atom is 0.256 e. The second-order valence-electron chi connectivity index (χ2n) is 5.13. The molecule has 6 heteroatoms. The molecule has 1 aromatic rings. The van der Waals surface area contributed by atoms with E-state index in [9.17, 15) is 9.90 Å². The highest BCUT2D eigenvalue weighted by molar-refractivity contribution is 6.00. The van der Waals surface area contributed by atoms with E-state index in [0.29, 0.717) is 17.8 Å². The van der Waals surface area contributed by atoms with Crippen LogP contribution in [0, 0.1) is 0 Å². The molecule has 1 heterocycles. The summed E-state index contributed by atoms with van der Waals surface area (Å²) in [6, 6.07) is 7.13. The monoisotopic (exact) mass is 288 g/mol. The smallest absolute Gasteiger partial charge is 0.256 e. The fraction of sp³-hybridized carbons (Fsp3) is 0.400. The number of aliphatic hydroxyl groups is 1. The van der Waals surface area contributed by atoms with Crippen LogP contribution in [0.25, 0.3) is 0 Å². The van der Waals surface area contributed by atoms with E-state index >= 15 is 0 Å². The van der Waals surface area contributed by atoms with Gasteiger partial charge in [-0.05, 0) is 31.9 Å². The number of nitrogens with zero attached hydrogens (tertiary/aromatic N) is 4. The van der Waals surface area contributed by atoms with E-state index < -0.39 is 6.10 Å². The summed E-state index contributed by atoms with van der Waals surface area (Å²) in [4.78, 5) is 14.5. The van der Waals surface area contributed by atoms with Crippen LogP contribution >= 0.6 is 0 Å². The number of likely N-dealkylation sites (tertiary alicyclic amines) is 1. The van der Waals surface area contributed by atoms with Crippen molar-refractivity contribution >= 4 is 25.0 Å². The summed E-state index contributed by atoms with van der Waals surface area (Å²) in [6.07, 6.45) is 1.04. The van der Waals surface area contributed by atoms with Gasteiger partial charge in [0.25, 0.3) is 5.91 Å². The van der Waals surface area contributed by atoms with Gasteiger partial charge in [-0.15, -0.1) is 0 Å². The van der Waals surface area contributed by atoms with Crippen molar-refractivity contribution in [1.82, 2.24) is 4.90 Å². The van der Waals surface area contributed by atoms with Crippen LogP contribution in [0.3, 0.4) is 0 Å². The second-order valence-corrected chi connectivity index (χ2v) is 5.13. The minimum absolute atomic E-state index is 0.0933. The summed E-state index contributed by atoms with van der Waals surface area (Å²) in [6.45, 7) is 9.18. The number of carbonyl (C=O) groups is 1. The van der Waals surface area contributed by atoms with Crippen molar-refractivity contribution in [1.29, 1.82) is 0 Å². The normalized spacial score (nSPS) is 21.7. The molecule has 0 spiro atoms. The lowest BCUT2D eigenvalue weighted by atomic mass is 10.00. The zero-order chi connectivity index (χ0) is 15.4. The van der Waals surface area contributed by atoms with Gasteiger partial charge < -0.3 is 10.0 Å². The molecule has 6 nitrogen and oxygen atoms in total. The third-order valence-corrected chi connectivity index (χ3v) is 3.74. The molecule has 1 fully saturated rings. The summed E-state index contributed by atoms with van der Waals surface area (Å²) in [5, 5.41) is 18.5. The first-order chi connectivity index (χ1) is 10.1. The van der Waals surface area contributed by atoms with Crippen molar-refractivity contribution < 1.29 is 9.90 Å². The first kappa shape index (κ1) is 15.2. The number of hydrazone groups is 2. The van der Waals surface area contributed by atoms with E-state index in [0.717, 1.165) is 12.8 Å². The van der Waals surface area contributed by atoms with Gasteiger partial charge in [-0.3, -0.25) is 4.79 Å². The minimum atomic E-state index is -0.469. The Morgan fingerprint density at radius 1 is 1.33 bits per heavy atom. The average molecular weight is 288 g/mol. The minimum Gasteiger partial charge on any atom is -0.391 e. The zero-order valence-electron chi connectivity index (χ0n) is 12.1. The summed E-state index contributed by atoms with van der Waals surface area (Å²) >= 11 is 0. The van der Waals surface area contributed by atoms with Crippen LogP contribution in [0.4, 0.5) is 5.69 Å². The van der Waals surface area contributed by atoms with E-state index in [2.05, 4.69) is 23.6 Å². The van der Waals surface area contributed by atoms with Crippen LogP contribution < -0.4 is 5.12 Å². The highest BCUT2D eigenvalue weighted by Crippen LogP contribution is 2.26. The number of hydrogen-bond donors (Lipinski definition) is 1. The first-order valence-corrected chi connectivity index (χ1v) is 6.90. The standard InChI is InChI=1S/C15H20N4O2/c1-11-8-9-12(20)10-18(11)15(21)13-6-4-5-7-14(13)19(16-2)17-3/h4-7,11-12,20H,2-3,8-10H2,1H3/t11-,12+/m1/s1. The highest BCUT2D eigenvalue weighted by Gasteiger charge is 2.30. The van der Waals surface area contributed by atoms with Crippen LogP contribution in [0.1, 0.15) is 30.1 Å². The predicted octanol–water partition coefficient (Wildman–Crippen LogP) is 1.71. The second kappa shape index (κ2) is 6.49. The zero-order valence-corrected chi connectivity index (χ0v) is 12.1. The Balaban J connectivity index is 2.34. The van der Waals surface area contributed by atoms with Crippen molar-refractivity contribution in [2.45, 2.75) is 31.9 Å². The van der Waals surface area contributed by atoms with Crippen molar-refractivity contribution in [2.24, 2.45) is 10.2 Å². The Morgan fingerprint density at radius 3 is 2.67 bits per heavy atom. The summed E-state index contributed by atoms with van der Waals surface area (Å²) in [7, 11) is 0. The first-order valence-electron chi connectivity index (χ1n) is 6.90. The van der Waals surface area contributed by atoms with Crippen molar-refractivity contribution in [3.05, 3.63) is 29.8 Å². The summed E-state index contributed by atoms with van der Waals surface area (Å²) < 4.78 is 0. The molecule has 112 valence electrons. The molecule has 0 unspecified atom stereocenters. The lowest BCUT2D eigenvalue weighted by Gasteiger charge is -2.36.